The second kappa shape index (κ2) is 5.69. The van der Waals surface area contributed by atoms with Crippen molar-refractivity contribution in [3.05, 3.63) is 63.5 Å². The monoisotopic (exact) mass is 285 g/mol. The zero-order valence-corrected chi connectivity index (χ0v) is 11.9. The first-order valence-electron chi connectivity index (χ1n) is 7.31. The molecule has 0 fully saturated rings. The summed E-state index contributed by atoms with van der Waals surface area (Å²) in [5.74, 6) is 0. The highest BCUT2D eigenvalue weighted by molar-refractivity contribution is 5.34. The highest BCUT2D eigenvalue weighted by Gasteiger charge is 2.17. The average Bonchev–Trinajstić information content (AvgIpc) is 2.79. The molecule has 5 heteroatoms. The van der Waals surface area contributed by atoms with Crippen molar-refractivity contribution in [3.8, 4) is 0 Å². The van der Waals surface area contributed by atoms with E-state index < -0.39 is 0 Å². The molecule has 0 saturated carbocycles. The summed E-state index contributed by atoms with van der Waals surface area (Å²) < 4.78 is 2.14. The quantitative estimate of drug-likeness (QED) is 0.534. The maximum Gasteiger partial charge on any atom is 0.269 e. The summed E-state index contributed by atoms with van der Waals surface area (Å²) in [4.78, 5) is 10.3. The number of non-ortho nitro benzene ring substituents is 1. The molecule has 0 saturated heterocycles. The van der Waals surface area contributed by atoms with Gasteiger partial charge in [0.25, 0.3) is 5.69 Å². The summed E-state index contributed by atoms with van der Waals surface area (Å²) in [5.41, 5.74) is 10.0. The topological polar surface area (TPSA) is 74.1 Å². The van der Waals surface area contributed by atoms with E-state index in [1.165, 1.54) is 24.0 Å². The molecule has 1 aromatic heterocycles. The minimum absolute atomic E-state index is 0.129. The molecule has 1 atom stereocenters. The highest BCUT2D eigenvalue weighted by Crippen LogP contribution is 2.28. The molecule has 21 heavy (non-hydrogen) atoms. The van der Waals surface area contributed by atoms with Gasteiger partial charge < -0.3 is 10.3 Å². The normalized spacial score (nSPS) is 18.0. The maximum absolute atomic E-state index is 10.7. The van der Waals surface area contributed by atoms with Gasteiger partial charge in [-0.3, -0.25) is 10.1 Å². The van der Waals surface area contributed by atoms with Crippen molar-refractivity contribution in [2.24, 2.45) is 5.73 Å². The minimum atomic E-state index is -0.374. The van der Waals surface area contributed by atoms with Gasteiger partial charge in [-0.05, 0) is 36.0 Å². The molecule has 0 spiro atoms. The third-order valence-electron chi connectivity index (χ3n) is 4.12. The third kappa shape index (κ3) is 2.97. The SMILES string of the molecule is NC1CCCCc2cn(Cc3ccc([N+](=O)[O-])cc3)cc21. The Bertz CT molecular complexity index is 646. The van der Waals surface area contributed by atoms with Crippen molar-refractivity contribution < 1.29 is 4.92 Å². The molecule has 1 unspecified atom stereocenters. The van der Waals surface area contributed by atoms with Gasteiger partial charge >= 0.3 is 0 Å². The molecule has 1 heterocycles. The van der Waals surface area contributed by atoms with Crippen LogP contribution >= 0.6 is 0 Å². The number of hydrogen-bond acceptors (Lipinski definition) is 3. The van der Waals surface area contributed by atoms with E-state index >= 15 is 0 Å². The van der Waals surface area contributed by atoms with Crippen LogP contribution in [-0.2, 0) is 13.0 Å². The van der Waals surface area contributed by atoms with Gasteiger partial charge in [0, 0.05) is 37.1 Å². The van der Waals surface area contributed by atoms with Crippen LogP contribution in [0.5, 0.6) is 0 Å². The Morgan fingerprint density at radius 1 is 1.24 bits per heavy atom. The van der Waals surface area contributed by atoms with E-state index in [0.717, 1.165) is 24.9 Å². The molecule has 5 nitrogen and oxygen atoms in total. The zero-order chi connectivity index (χ0) is 14.8. The minimum Gasteiger partial charge on any atom is -0.349 e. The lowest BCUT2D eigenvalue weighted by Crippen LogP contribution is -2.09. The van der Waals surface area contributed by atoms with Gasteiger partial charge in [0.2, 0.25) is 0 Å². The summed E-state index contributed by atoms with van der Waals surface area (Å²) in [6.07, 6.45) is 8.83. The molecule has 0 amide bonds. The first-order valence-corrected chi connectivity index (χ1v) is 7.31. The van der Waals surface area contributed by atoms with Crippen LogP contribution in [0.4, 0.5) is 5.69 Å². The number of benzene rings is 1. The molecule has 0 bridgehead atoms. The first kappa shape index (κ1) is 13.8. The molecule has 2 N–H and O–H groups in total. The summed E-state index contributed by atoms with van der Waals surface area (Å²) in [7, 11) is 0. The standard InChI is InChI=1S/C16H19N3O2/c17-16-4-2-1-3-13-10-18(11-15(13)16)9-12-5-7-14(8-6-12)19(20)21/h5-8,10-11,16H,1-4,9,17H2. The Labute approximate surface area is 123 Å². The molecular weight excluding hydrogens is 266 g/mol. The van der Waals surface area contributed by atoms with Gasteiger partial charge in [-0.1, -0.05) is 18.6 Å². The molecular formula is C16H19N3O2. The Hall–Kier alpha value is -2.14. The summed E-state index contributed by atoms with van der Waals surface area (Å²) in [6, 6.07) is 6.86. The number of nitro benzene ring substituents is 1. The Balaban J connectivity index is 1.79. The second-order valence-corrected chi connectivity index (χ2v) is 5.69. The number of aryl methyl sites for hydroxylation is 1. The van der Waals surface area contributed by atoms with Crippen molar-refractivity contribution >= 4 is 5.69 Å². The van der Waals surface area contributed by atoms with Crippen LogP contribution in [0.2, 0.25) is 0 Å². The lowest BCUT2D eigenvalue weighted by molar-refractivity contribution is -0.384. The highest BCUT2D eigenvalue weighted by atomic mass is 16.6. The van der Waals surface area contributed by atoms with Gasteiger partial charge in [0.15, 0.2) is 0 Å². The van der Waals surface area contributed by atoms with Crippen LogP contribution in [-0.4, -0.2) is 9.49 Å². The van der Waals surface area contributed by atoms with E-state index in [4.69, 9.17) is 5.73 Å². The van der Waals surface area contributed by atoms with Crippen LogP contribution in [0.25, 0.3) is 0 Å². The van der Waals surface area contributed by atoms with E-state index in [1.54, 1.807) is 12.1 Å². The molecule has 0 aliphatic heterocycles. The Morgan fingerprint density at radius 3 is 2.71 bits per heavy atom. The number of aromatic nitrogens is 1. The van der Waals surface area contributed by atoms with Gasteiger partial charge in [-0.2, -0.15) is 0 Å². The van der Waals surface area contributed by atoms with E-state index in [1.807, 2.05) is 12.1 Å². The molecule has 110 valence electrons. The van der Waals surface area contributed by atoms with Crippen molar-refractivity contribution in [1.82, 2.24) is 4.57 Å². The van der Waals surface area contributed by atoms with Crippen molar-refractivity contribution in [1.29, 1.82) is 0 Å². The van der Waals surface area contributed by atoms with E-state index in [2.05, 4.69) is 17.0 Å². The maximum atomic E-state index is 10.7. The number of nitrogens with zero attached hydrogens (tertiary/aromatic N) is 2. The number of hydrogen-bond donors (Lipinski definition) is 1. The number of nitrogens with two attached hydrogens (primary N) is 1. The van der Waals surface area contributed by atoms with Gasteiger partial charge in [0.05, 0.1) is 4.92 Å². The van der Waals surface area contributed by atoms with E-state index in [0.29, 0.717) is 0 Å². The van der Waals surface area contributed by atoms with Crippen LogP contribution in [0.3, 0.4) is 0 Å². The zero-order valence-electron chi connectivity index (χ0n) is 11.9. The van der Waals surface area contributed by atoms with Crippen molar-refractivity contribution in [2.45, 2.75) is 38.3 Å². The van der Waals surface area contributed by atoms with Crippen LogP contribution < -0.4 is 5.73 Å². The van der Waals surface area contributed by atoms with Crippen molar-refractivity contribution in [2.75, 3.05) is 0 Å². The lowest BCUT2D eigenvalue weighted by Gasteiger charge is -2.07. The molecule has 3 rings (SSSR count). The summed E-state index contributed by atoms with van der Waals surface area (Å²) in [5, 5.41) is 10.7. The van der Waals surface area contributed by atoms with Crippen LogP contribution in [0, 0.1) is 10.1 Å². The first-order chi connectivity index (χ1) is 10.1. The summed E-state index contributed by atoms with van der Waals surface area (Å²) in [6.45, 7) is 0.720. The Morgan fingerprint density at radius 2 is 2.00 bits per heavy atom. The lowest BCUT2D eigenvalue weighted by atomic mass is 10.1. The fourth-order valence-electron chi connectivity index (χ4n) is 2.98. The fourth-order valence-corrected chi connectivity index (χ4v) is 2.98. The molecule has 1 aliphatic carbocycles. The fraction of sp³-hybridized carbons (Fsp3) is 0.375. The number of rotatable bonds is 3. The molecule has 0 radical (unpaired) electrons. The Kier molecular flexibility index (Phi) is 3.75. The van der Waals surface area contributed by atoms with Gasteiger partial charge in [-0.25, -0.2) is 0 Å². The average molecular weight is 285 g/mol. The molecule has 1 aliphatic rings. The van der Waals surface area contributed by atoms with Crippen LogP contribution in [0.15, 0.2) is 36.7 Å². The molecule has 2 aromatic rings. The number of fused-ring (bicyclic) bond motifs is 1. The molecule has 1 aromatic carbocycles. The second-order valence-electron chi connectivity index (χ2n) is 5.69. The summed E-state index contributed by atoms with van der Waals surface area (Å²) >= 11 is 0. The van der Waals surface area contributed by atoms with Gasteiger partial charge in [0.1, 0.15) is 0 Å². The number of nitro groups is 1. The van der Waals surface area contributed by atoms with Crippen LogP contribution in [0.1, 0.15) is 42.0 Å². The van der Waals surface area contributed by atoms with Crippen molar-refractivity contribution in [3.63, 3.8) is 0 Å². The van der Waals surface area contributed by atoms with E-state index in [9.17, 15) is 10.1 Å². The third-order valence-corrected chi connectivity index (χ3v) is 4.12. The largest absolute Gasteiger partial charge is 0.349 e. The van der Waals surface area contributed by atoms with E-state index in [-0.39, 0.29) is 16.7 Å². The smallest absolute Gasteiger partial charge is 0.269 e. The van der Waals surface area contributed by atoms with Gasteiger partial charge in [-0.15, -0.1) is 0 Å². The predicted molar refractivity (Wildman–Crippen MR) is 81.1 cm³/mol. The predicted octanol–water partition coefficient (Wildman–Crippen LogP) is 3.17.